The largest absolute Gasteiger partial charge is 0.280 e. The predicted octanol–water partition coefficient (Wildman–Crippen LogP) is 8.57. The summed E-state index contributed by atoms with van der Waals surface area (Å²) in [5.74, 6) is -3.36. The predicted molar refractivity (Wildman–Crippen MR) is 250 cm³/mol. The SMILES string of the molecule is O=C1C2Cc3c(n(C(=O)c4ccccc4)c4ccccc34)CC2C(=O)N1c1ccc(CCc2ccc(N3C(=O)[C@H]4Cc5c(c6ccccc6n5C(=O)c5ccccc5)C[C@H]4C3=O)cc2)cc1. The van der Waals surface area contributed by atoms with Crippen LogP contribution in [0.5, 0.6) is 0 Å². The van der Waals surface area contributed by atoms with Crippen molar-refractivity contribution < 1.29 is 28.8 Å². The van der Waals surface area contributed by atoms with Crippen LogP contribution in [-0.4, -0.2) is 44.6 Å². The van der Waals surface area contributed by atoms with Crippen molar-refractivity contribution in [3.8, 4) is 0 Å². The molecule has 4 heterocycles. The molecule has 2 aliphatic heterocycles. The number of imide groups is 2. The number of hydrogen-bond donors (Lipinski definition) is 0. The quantitative estimate of drug-likeness (QED) is 0.148. The Morgan fingerprint density at radius 1 is 0.394 bits per heavy atom. The van der Waals surface area contributed by atoms with Gasteiger partial charge in [-0.1, -0.05) is 97.1 Å². The lowest BCUT2D eigenvalue weighted by molar-refractivity contribution is -0.124. The molecule has 12 rings (SSSR count). The van der Waals surface area contributed by atoms with Gasteiger partial charge in [0.25, 0.3) is 11.8 Å². The Balaban J connectivity index is 0.723. The van der Waals surface area contributed by atoms with Crippen molar-refractivity contribution in [1.29, 1.82) is 0 Å². The van der Waals surface area contributed by atoms with Crippen LogP contribution in [0, 0.1) is 23.7 Å². The molecule has 6 aromatic carbocycles. The van der Waals surface area contributed by atoms with E-state index in [0.717, 1.165) is 55.4 Å². The number of anilines is 2. The number of amides is 4. The maximum atomic E-state index is 14.1. The number of aryl methyl sites for hydroxylation is 2. The van der Waals surface area contributed by atoms with E-state index in [-0.39, 0.29) is 35.4 Å². The summed E-state index contributed by atoms with van der Waals surface area (Å²) in [5, 5.41) is 1.86. The van der Waals surface area contributed by atoms with Crippen LogP contribution in [0.25, 0.3) is 21.8 Å². The minimum Gasteiger partial charge on any atom is -0.280 e. The van der Waals surface area contributed by atoms with Gasteiger partial charge in [0.2, 0.25) is 23.6 Å². The van der Waals surface area contributed by atoms with E-state index in [9.17, 15) is 28.8 Å². The van der Waals surface area contributed by atoms with Gasteiger partial charge in [0.1, 0.15) is 0 Å². The van der Waals surface area contributed by atoms with E-state index in [1.165, 1.54) is 9.80 Å². The van der Waals surface area contributed by atoms with E-state index in [1.54, 1.807) is 33.4 Å². The van der Waals surface area contributed by atoms with Gasteiger partial charge in [0, 0.05) is 46.1 Å². The number of aromatic nitrogens is 2. The second-order valence-electron chi connectivity index (χ2n) is 18.0. The van der Waals surface area contributed by atoms with E-state index in [2.05, 4.69) is 0 Å². The van der Waals surface area contributed by atoms with E-state index < -0.39 is 23.7 Å². The molecule has 4 atom stereocenters. The lowest BCUT2D eigenvalue weighted by Crippen LogP contribution is -2.31. The first-order valence-electron chi connectivity index (χ1n) is 22.6. The smallest absolute Gasteiger partial charge is 0.262 e. The Morgan fingerprint density at radius 3 is 1.11 bits per heavy atom. The van der Waals surface area contributed by atoms with E-state index in [0.29, 0.717) is 61.0 Å². The van der Waals surface area contributed by atoms with Crippen LogP contribution in [0.2, 0.25) is 0 Å². The molecule has 2 aliphatic carbocycles. The summed E-state index contributed by atoms with van der Waals surface area (Å²) in [6, 6.07) is 48.9. The van der Waals surface area contributed by atoms with Crippen LogP contribution in [0.1, 0.15) is 54.4 Å². The molecule has 0 saturated carbocycles. The number of nitrogens with zero attached hydrogens (tertiary/aromatic N) is 4. The molecule has 66 heavy (non-hydrogen) atoms. The van der Waals surface area contributed by atoms with E-state index in [1.807, 2.05) is 133 Å². The van der Waals surface area contributed by atoms with Gasteiger partial charge in [-0.3, -0.25) is 47.7 Å². The van der Waals surface area contributed by atoms with Crippen LogP contribution in [0.4, 0.5) is 11.4 Å². The Hall–Kier alpha value is -7.98. The third kappa shape index (κ3) is 6.08. The van der Waals surface area contributed by atoms with Crippen LogP contribution >= 0.6 is 0 Å². The monoisotopic (exact) mass is 866 g/mol. The van der Waals surface area contributed by atoms with Gasteiger partial charge in [-0.25, -0.2) is 0 Å². The molecule has 0 N–H and O–H groups in total. The number of benzene rings is 6. The molecule has 4 amide bonds. The molecular formula is C56H42N4O6. The van der Waals surface area contributed by atoms with Gasteiger partial charge >= 0.3 is 0 Å². The van der Waals surface area contributed by atoms with Crippen LogP contribution < -0.4 is 9.80 Å². The normalized spacial score (nSPS) is 19.9. The van der Waals surface area contributed by atoms with Crippen molar-refractivity contribution in [2.24, 2.45) is 23.7 Å². The molecule has 2 fully saturated rings. The highest BCUT2D eigenvalue weighted by Crippen LogP contribution is 2.45. The fraction of sp³-hybridized carbons (Fsp3) is 0.179. The van der Waals surface area contributed by atoms with Crippen LogP contribution in [0.3, 0.4) is 0 Å². The summed E-state index contributed by atoms with van der Waals surface area (Å²) < 4.78 is 3.48. The molecule has 2 saturated heterocycles. The van der Waals surface area contributed by atoms with Gasteiger partial charge in [-0.2, -0.15) is 0 Å². The highest BCUT2D eigenvalue weighted by Gasteiger charge is 2.53. The number of rotatable bonds is 7. The second kappa shape index (κ2) is 15.3. The Morgan fingerprint density at radius 2 is 0.727 bits per heavy atom. The standard InChI is InChI=1S/C56H42N4O6/c61-51(35-11-3-1-4-12-35)59-47-17-9-7-15-39(47)41-29-43-45(31-49(41)59)55(65)57(53(43)63)37-25-21-33(22-26-37)19-20-34-23-27-38(28-24-34)58-54(64)44-30-42-40-16-8-10-18-48(40)60(50(42)32-46(44)56(58)66)52(62)36-13-5-2-6-14-36/h1-18,21-28,43-46H,19-20,29-32H2/t43-,44?,45+,46?/m1/s1. The molecule has 8 aromatic rings. The number of carbonyl (C=O) groups is 6. The lowest BCUT2D eigenvalue weighted by atomic mass is 9.79. The summed E-state index contributed by atoms with van der Waals surface area (Å²) in [6.07, 6.45) is 2.76. The fourth-order valence-electron chi connectivity index (χ4n) is 11.3. The molecule has 0 spiro atoms. The van der Waals surface area contributed by atoms with E-state index in [4.69, 9.17) is 0 Å². The second-order valence-corrected chi connectivity index (χ2v) is 18.0. The zero-order valence-electron chi connectivity index (χ0n) is 35.8. The molecule has 322 valence electrons. The first-order valence-corrected chi connectivity index (χ1v) is 22.6. The van der Waals surface area contributed by atoms with Crippen molar-refractivity contribution in [3.63, 3.8) is 0 Å². The average molecular weight is 867 g/mol. The highest BCUT2D eigenvalue weighted by atomic mass is 16.2. The summed E-state index contributed by atoms with van der Waals surface area (Å²) >= 11 is 0. The van der Waals surface area contributed by atoms with Gasteiger partial charge in [0.05, 0.1) is 46.1 Å². The number of carbonyl (C=O) groups excluding carboxylic acids is 6. The first kappa shape index (κ1) is 39.6. The Kier molecular flexibility index (Phi) is 9.20. The number of fused-ring (bicyclic) bond motifs is 8. The van der Waals surface area contributed by atoms with Gasteiger partial charge < -0.3 is 0 Å². The fourth-order valence-corrected chi connectivity index (χ4v) is 11.3. The summed E-state index contributed by atoms with van der Waals surface area (Å²) in [5.41, 5.74) is 9.32. The van der Waals surface area contributed by atoms with Crippen molar-refractivity contribution >= 4 is 68.6 Å². The Bertz CT molecular complexity index is 3130. The highest BCUT2D eigenvalue weighted by molar-refractivity contribution is 6.23. The third-order valence-corrected chi connectivity index (χ3v) is 14.5. The molecular weight excluding hydrogens is 825 g/mol. The van der Waals surface area contributed by atoms with Crippen molar-refractivity contribution in [1.82, 2.24) is 9.13 Å². The van der Waals surface area contributed by atoms with Crippen molar-refractivity contribution in [3.05, 3.63) is 202 Å². The van der Waals surface area contributed by atoms with E-state index >= 15 is 0 Å². The maximum Gasteiger partial charge on any atom is 0.262 e. The lowest BCUT2D eigenvalue weighted by Gasteiger charge is -2.23. The van der Waals surface area contributed by atoms with Crippen LogP contribution in [-0.2, 0) is 57.7 Å². The minimum atomic E-state index is -0.564. The number of para-hydroxylation sites is 2. The van der Waals surface area contributed by atoms with Gasteiger partial charge in [0.15, 0.2) is 0 Å². The molecule has 2 aromatic heterocycles. The minimum absolute atomic E-state index is 0.152. The van der Waals surface area contributed by atoms with Gasteiger partial charge in [-0.15, -0.1) is 0 Å². The zero-order valence-corrected chi connectivity index (χ0v) is 35.8. The summed E-state index contributed by atoms with van der Waals surface area (Å²) in [6.45, 7) is 0. The molecule has 0 radical (unpaired) electrons. The number of hydrogen-bond acceptors (Lipinski definition) is 6. The summed E-state index contributed by atoms with van der Waals surface area (Å²) in [7, 11) is 0. The molecule has 4 aliphatic rings. The molecule has 10 nitrogen and oxygen atoms in total. The first-order chi connectivity index (χ1) is 32.2. The third-order valence-electron chi connectivity index (χ3n) is 14.5. The molecule has 10 heteroatoms. The van der Waals surface area contributed by atoms with Crippen LogP contribution in [0.15, 0.2) is 158 Å². The van der Waals surface area contributed by atoms with Gasteiger partial charge in [-0.05, 0) is 109 Å². The topological polar surface area (TPSA) is 119 Å². The summed E-state index contributed by atoms with van der Waals surface area (Å²) in [4.78, 5) is 86.7. The van der Waals surface area contributed by atoms with Crippen molar-refractivity contribution in [2.75, 3.05) is 9.80 Å². The Labute approximate surface area is 379 Å². The molecule has 0 bridgehead atoms. The zero-order chi connectivity index (χ0) is 44.8. The maximum absolute atomic E-state index is 14.1. The molecule has 2 unspecified atom stereocenters. The average Bonchev–Trinajstić information content (AvgIpc) is 4.03. The van der Waals surface area contributed by atoms with Crippen molar-refractivity contribution in [2.45, 2.75) is 38.5 Å².